The van der Waals surface area contributed by atoms with E-state index in [2.05, 4.69) is 15.2 Å². The van der Waals surface area contributed by atoms with Crippen LogP contribution in [0.2, 0.25) is 0 Å². The van der Waals surface area contributed by atoms with Crippen molar-refractivity contribution in [2.75, 3.05) is 42.9 Å². The number of hydrogen-bond acceptors (Lipinski definition) is 7. The lowest BCUT2D eigenvalue weighted by molar-refractivity contribution is -0.129. The first kappa shape index (κ1) is 22.4. The minimum atomic E-state index is -0.383. The Bertz CT molecular complexity index is 1110. The van der Waals surface area contributed by atoms with Gasteiger partial charge in [0.05, 0.1) is 22.8 Å². The van der Waals surface area contributed by atoms with E-state index in [1.54, 1.807) is 27.7 Å². The molecule has 1 aromatic carbocycles. The smallest absolute Gasteiger partial charge is 0.275 e. The maximum Gasteiger partial charge on any atom is 0.275 e. The predicted octanol–water partition coefficient (Wildman–Crippen LogP) is 3.43. The molecule has 3 heterocycles. The molecule has 0 radical (unpaired) electrons. The van der Waals surface area contributed by atoms with Gasteiger partial charge in [0, 0.05) is 31.6 Å². The van der Waals surface area contributed by atoms with Gasteiger partial charge in [-0.15, -0.1) is 22.7 Å². The number of aryl methyl sites for hydroxylation is 1. The van der Waals surface area contributed by atoms with Gasteiger partial charge in [-0.1, -0.05) is 13.0 Å². The molecule has 0 unspecified atom stereocenters. The molecule has 32 heavy (non-hydrogen) atoms. The van der Waals surface area contributed by atoms with E-state index >= 15 is 0 Å². The molecule has 168 valence electrons. The quantitative estimate of drug-likeness (QED) is 0.572. The van der Waals surface area contributed by atoms with Gasteiger partial charge in [0.2, 0.25) is 5.91 Å². The van der Waals surface area contributed by atoms with Crippen LogP contribution < -0.4 is 16.0 Å². The monoisotopic (exact) mass is 473 g/mol. The Balaban J connectivity index is 1.56. The molecule has 1 aliphatic rings. The van der Waals surface area contributed by atoms with Gasteiger partial charge in [0.25, 0.3) is 5.91 Å². The second-order valence-corrected chi connectivity index (χ2v) is 9.16. The number of halogens is 1. The molecule has 1 aliphatic heterocycles. The first-order valence-electron chi connectivity index (χ1n) is 10.4. The van der Waals surface area contributed by atoms with E-state index in [4.69, 9.17) is 5.73 Å². The van der Waals surface area contributed by atoms with Gasteiger partial charge in [-0.05, 0) is 35.6 Å². The van der Waals surface area contributed by atoms with Crippen molar-refractivity contribution in [3.8, 4) is 9.88 Å². The lowest BCUT2D eigenvalue weighted by Gasteiger charge is -2.37. The summed E-state index contributed by atoms with van der Waals surface area (Å²) in [5, 5.41) is 7.29. The second-order valence-electron chi connectivity index (χ2n) is 7.36. The van der Waals surface area contributed by atoms with Crippen molar-refractivity contribution in [2.24, 2.45) is 5.73 Å². The number of thiophene rings is 1. The van der Waals surface area contributed by atoms with Crippen LogP contribution in [0.15, 0.2) is 35.0 Å². The molecule has 2 aromatic heterocycles. The molecule has 2 amide bonds. The van der Waals surface area contributed by atoms with Crippen LogP contribution in [0.25, 0.3) is 9.88 Å². The zero-order valence-corrected chi connectivity index (χ0v) is 19.3. The molecule has 1 saturated heterocycles. The predicted molar refractivity (Wildman–Crippen MR) is 127 cm³/mol. The lowest BCUT2D eigenvalue weighted by atomic mass is 10.1. The van der Waals surface area contributed by atoms with Crippen molar-refractivity contribution in [1.29, 1.82) is 0 Å². The number of anilines is 2. The van der Waals surface area contributed by atoms with E-state index in [9.17, 15) is 14.0 Å². The topological polar surface area (TPSA) is 91.6 Å². The first-order chi connectivity index (χ1) is 15.5. The summed E-state index contributed by atoms with van der Waals surface area (Å²) in [4.78, 5) is 34.0. The van der Waals surface area contributed by atoms with Gasteiger partial charge < -0.3 is 20.9 Å². The van der Waals surface area contributed by atoms with E-state index in [-0.39, 0.29) is 24.2 Å². The molecule has 0 bridgehead atoms. The van der Waals surface area contributed by atoms with Gasteiger partial charge in [-0.2, -0.15) is 0 Å². The molecule has 0 aliphatic carbocycles. The third-order valence-electron chi connectivity index (χ3n) is 5.41. The molecule has 0 atom stereocenters. The number of carbonyl (C=O) groups is 2. The van der Waals surface area contributed by atoms with E-state index in [1.165, 1.54) is 17.4 Å². The lowest BCUT2D eigenvalue weighted by Crippen LogP contribution is -2.50. The summed E-state index contributed by atoms with van der Waals surface area (Å²) in [6.45, 7) is 4.07. The number of rotatable bonds is 6. The number of amides is 2. The summed E-state index contributed by atoms with van der Waals surface area (Å²) in [6.07, 6.45) is 0.537. The number of aromatic nitrogens is 1. The maximum atomic E-state index is 14.6. The standard InChI is InChI=1S/C22H24FN5O2S2/c1-2-14-10-18(27-5-7-28(8-6-27)20(29)12-24)16(11-15(14)23)25-21(30)17-13-32-22(26-17)19-4-3-9-31-19/h3-4,9-11,13H,2,5-8,12,24H2,1H3,(H,25,30). The largest absolute Gasteiger partial charge is 0.366 e. The van der Waals surface area contributed by atoms with Crippen molar-refractivity contribution in [3.05, 3.63) is 52.1 Å². The van der Waals surface area contributed by atoms with Gasteiger partial charge in [0.15, 0.2) is 0 Å². The van der Waals surface area contributed by atoms with Crippen LogP contribution in [0.3, 0.4) is 0 Å². The van der Waals surface area contributed by atoms with Crippen molar-refractivity contribution >= 4 is 45.9 Å². The Labute approximate surface area is 193 Å². The number of hydrogen-bond donors (Lipinski definition) is 2. The molecule has 3 aromatic rings. The van der Waals surface area contributed by atoms with E-state index in [1.807, 2.05) is 24.4 Å². The van der Waals surface area contributed by atoms with Crippen molar-refractivity contribution in [3.63, 3.8) is 0 Å². The normalized spacial score (nSPS) is 14.0. The molecule has 1 fully saturated rings. The SMILES string of the molecule is CCc1cc(N2CCN(C(=O)CN)CC2)c(NC(=O)c2csc(-c3cccs3)n2)cc1F. The molecule has 3 N–H and O–H groups in total. The van der Waals surface area contributed by atoms with Crippen molar-refractivity contribution in [2.45, 2.75) is 13.3 Å². The number of nitrogens with one attached hydrogen (secondary N) is 1. The Morgan fingerprint density at radius 1 is 1.22 bits per heavy atom. The number of nitrogens with two attached hydrogens (primary N) is 1. The van der Waals surface area contributed by atoms with Gasteiger partial charge >= 0.3 is 0 Å². The zero-order chi connectivity index (χ0) is 22.7. The van der Waals surface area contributed by atoms with E-state index in [0.29, 0.717) is 49.5 Å². The summed E-state index contributed by atoms with van der Waals surface area (Å²) in [5.74, 6) is -0.830. The number of piperazine rings is 1. The Morgan fingerprint density at radius 3 is 2.66 bits per heavy atom. The third kappa shape index (κ3) is 4.67. The Morgan fingerprint density at radius 2 is 2.00 bits per heavy atom. The number of nitrogens with zero attached hydrogens (tertiary/aromatic N) is 3. The summed E-state index contributed by atoms with van der Waals surface area (Å²) in [7, 11) is 0. The molecular formula is C22H24FN5O2S2. The first-order valence-corrected chi connectivity index (χ1v) is 12.1. The van der Waals surface area contributed by atoms with Gasteiger partial charge in [-0.25, -0.2) is 9.37 Å². The average Bonchev–Trinajstić information content (AvgIpc) is 3.51. The Hall–Kier alpha value is -2.82. The highest BCUT2D eigenvalue weighted by Crippen LogP contribution is 2.32. The minimum Gasteiger partial charge on any atom is -0.366 e. The van der Waals surface area contributed by atoms with Crippen LogP contribution in [0.1, 0.15) is 23.0 Å². The fourth-order valence-electron chi connectivity index (χ4n) is 3.64. The highest BCUT2D eigenvalue weighted by molar-refractivity contribution is 7.20. The highest BCUT2D eigenvalue weighted by Gasteiger charge is 2.24. The summed E-state index contributed by atoms with van der Waals surface area (Å²) in [5.41, 5.74) is 7.48. The number of benzene rings is 1. The molecule has 7 nitrogen and oxygen atoms in total. The highest BCUT2D eigenvalue weighted by atomic mass is 32.1. The van der Waals surface area contributed by atoms with Crippen LogP contribution in [-0.2, 0) is 11.2 Å². The molecule has 0 saturated carbocycles. The molecule has 10 heteroatoms. The van der Waals surface area contributed by atoms with Crippen LogP contribution in [0.4, 0.5) is 15.8 Å². The third-order valence-corrected chi connectivity index (χ3v) is 7.29. The summed E-state index contributed by atoms with van der Waals surface area (Å²) < 4.78 is 14.6. The number of thiazole rings is 1. The average molecular weight is 474 g/mol. The van der Waals surface area contributed by atoms with Gasteiger partial charge in [0.1, 0.15) is 16.5 Å². The summed E-state index contributed by atoms with van der Waals surface area (Å²) in [6, 6.07) is 7.04. The maximum absolute atomic E-state index is 14.6. The minimum absolute atomic E-state index is 0.0149. The van der Waals surface area contributed by atoms with Crippen LogP contribution in [0.5, 0.6) is 0 Å². The molecular weight excluding hydrogens is 449 g/mol. The van der Waals surface area contributed by atoms with Crippen LogP contribution >= 0.6 is 22.7 Å². The van der Waals surface area contributed by atoms with Crippen LogP contribution in [-0.4, -0.2) is 54.4 Å². The second kappa shape index (κ2) is 9.76. The van der Waals surface area contributed by atoms with Crippen molar-refractivity contribution < 1.29 is 14.0 Å². The summed E-state index contributed by atoms with van der Waals surface area (Å²) >= 11 is 2.96. The molecule has 4 rings (SSSR count). The van der Waals surface area contributed by atoms with E-state index < -0.39 is 0 Å². The van der Waals surface area contributed by atoms with Crippen molar-refractivity contribution in [1.82, 2.24) is 9.88 Å². The Kier molecular flexibility index (Phi) is 6.83. The van der Waals surface area contributed by atoms with Crippen LogP contribution in [0, 0.1) is 5.82 Å². The molecule has 0 spiro atoms. The zero-order valence-electron chi connectivity index (χ0n) is 17.6. The van der Waals surface area contributed by atoms with E-state index in [0.717, 1.165) is 15.6 Å². The number of carbonyl (C=O) groups excluding carboxylic acids is 2. The fourth-order valence-corrected chi connectivity index (χ4v) is 5.26. The van der Waals surface area contributed by atoms with Gasteiger partial charge in [-0.3, -0.25) is 9.59 Å². The fraction of sp³-hybridized carbons (Fsp3) is 0.318.